The van der Waals surface area contributed by atoms with Gasteiger partial charge in [-0.15, -0.1) is 0 Å². The number of hydrogen-bond donors (Lipinski definition) is 1. The number of halogens is 1. The Morgan fingerprint density at radius 1 is 1.40 bits per heavy atom. The summed E-state index contributed by atoms with van der Waals surface area (Å²) in [6, 6.07) is 0. The minimum atomic E-state index is 0.215. The average molecular weight is 275 g/mol. The smallest absolute Gasteiger partial charge is 0.159 e. The van der Waals surface area contributed by atoms with Gasteiger partial charge in [-0.25, -0.2) is 0 Å². The second-order valence-electron chi connectivity index (χ2n) is 3.31. The van der Waals surface area contributed by atoms with Gasteiger partial charge in [0, 0.05) is 6.20 Å². The van der Waals surface area contributed by atoms with E-state index in [1.807, 2.05) is 13.8 Å². The van der Waals surface area contributed by atoms with Gasteiger partial charge in [-0.1, -0.05) is 0 Å². The molecule has 15 heavy (non-hydrogen) atoms. The Balaban J connectivity index is 2.43. The van der Waals surface area contributed by atoms with Gasteiger partial charge in [-0.05, 0) is 29.8 Å². The van der Waals surface area contributed by atoms with Crippen LogP contribution in [0.3, 0.4) is 0 Å². The maximum absolute atomic E-state index is 5.71. The molecule has 0 aliphatic rings. The number of anilines is 1. The van der Waals surface area contributed by atoms with E-state index in [-0.39, 0.29) is 6.10 Å². The number of rotatable bonds is 5. The molecule has 0 saturated carbocycles. The summed E-state index contributed by atoms with van der Waals surface area (Å²) in [7, 11) is 0. The summed E-state index contributed by atoms with van der Waals surface area (Å²) >= 11 is 3.32. The lowest BCUT2D eigenvalue weighted by atomic mass is 10.4. The second kappa shape index (κ2) is 5.92. The van der Waals surface area contributed by atoms with Crippen LogP contribution < -0.4 is 10.5 Å². The summed E-state index contributed by atoms with van der Waals surface area (Å²) in [5, 5.41) is 0. The van der Waals surface area contributed by atoms with Crippen molar-refractivity contribution in [2.45, 2.75) is 20.0 Å². The molecule has 1 aromatic rings. The van der Waals surface area contributed by atoms with Crippen LogP contribution in [0, 0.1) is 0 Å². The van der Waals surface area contributed by atoms with E-state index in [1.165, 1.54) is 0 Å². The van der Waals surface area contributed by atoms with Gasteiger partial charge < -0.3 is 15.2 Å². The van der Waals surface area contributed by atoms with E-state index in [0.717, 1.165) is 4.47 Å². The highest BCUT2D eigenvalue weighted by Crippen LogP contribution is 2.29. The molecule has 0 atom stereocenters. The Hall–Kier alpha value is -0.810. The Kier molecular flexibility index (Phi) is 4.84. The first-order valence-electron chi connectivity index (χ1n) is 4.74. The molecule has 0 spiro atoms. The third kappa shape index (κ3) is 4.05. The summed E-state index contributed by atoms with van der Waals surface area (Å²) in [4.78, 5) is 3.92. The number of ether oxygens (including phenoxy) is 2. The number of hydrogen-bond acceptors (Lipinski definition) is 4. The molecule has 5 heteroatoms. The van der Waals surface area contributed by atoms with Gasteiger partial charge in [-0.3, -0.25) is 4.98 Å². The van der Waals surface area contributed by atoms with Crippen LogP contribution in [0.5, 0.6) is 5.75 Å². The first-order valence-corrected chi connectivity index (χ1v) is 5.54. The van der Waals surface area contributed by atoms with Gasteiger partial charge in [0.2, 0.25) is 0 Å². The summed E-state index contributed by atoms with van der Waals surface area (Å²) in [5.41, 5.74) is 6.23. The Bertz CT molecular complexity index is 298. The van der Waals surface area contributed by atoms with Crippen molar-refractivity contribution in [1.29, 1.82) is 0 Å². The molecule has 0 unspecified atom stereocenters. The molecule has 84 valence electrons. The van der Waals surface area contributed by atoms with E-state index in [4.69, 9.17) is 15.2 Å². The molecular weight excluding hydrogens is 260 g/mol. The van der Waals surface area contributed by atoms with Gasteiger partial charge in [0.25, 0.3) is 0 Å². The summed E-state index contributed by atoms with van der Waals surface area (Å²) in [6.45, 7) is 4.99. The fourth-order valence-corrected chi connectivity index (χ4v) is 1.48. The molecule has 4 nitrogen and oxygen atoms in total. The van der Waals surface area contributed by atoms with Crippen LogP contribution in [0.25, 0.3) is 0 Å². The quantitative estimate of drug-likeness (QED) is 0.837. The average Bonchev–Trinajstić information content (AvgIpc) is 2.15. The Morgan fingerprint density at radius 3 is 2.73 bits per heavy atom. The first kappa shape index (κ1) is 12.3. The molecule has 0 saturated heterocycles. The van der Waals surface area contributed by atoms with Gasteiger partial charge in [0.1, 0.15) is 6.61 Å². The SMILES string of the molecule is CC(C)OCCOc1c(N)cncc1Br. The maximum atomic E-state index is 5.71. The van der Waals surface area contributed by atoms with Crippen molar-refractivity contribution in [3.8, 4) is 5.75 Å². The number of nitrogens with two attached hydrogens (primary N) is 1. The fraction of sp³-hybridized carbons (Fsp3) is 0.500. The van der Waals surface area contributed by atoms with Crippen LogP contribution in [0.2, 0.25) is 0 Å². The standard InChI is InChI=1S/C10H15BrN2O2/c1-7(2)14-3-4-15-10-8(11)5-13-6-9(10)12/h5-7H,3-4,12H2,1-2H3. The molecular formula is C10H15BrN2O2. The van der Waals surface area contributed by atoms with E-state index in [1.54, 1.807) is 12.4 Å². The molecule has 0 aliphatic carbocycles. The number of nitrogen functional groups attached to an aromatic ring is 1. The van der Waals surface area contributed by atoms with Gasteiger partial charge in [-0.2, -0.15) is 0 Å². The maximum Gasteiger partial charge on any atom is 0.159 e. The first-order chi connectivity index (χ1) is 7.11. The zero-order valence-electron chi connectivity index (χ0n) is 8.87. The van der Waals surface area contributed by atoms with Crippen molar-refractivity contribution in [1.82, 2.24) is 4.98 Å². The minimum absolute atomic E-state index is 0.215. The van der Waals surface area contributed by atoms with Gasteiger partial charge >= 0.3 is 0 Å². The van der Waals surface area contributed by atoms with Crippen molar-refractivity contribution in [3.63, 3.8) is 0 Å². The lowest BCUT2D eigenvalue weighted by molar-refractivity contribution is 0.0552. The summed E-state index contributed by atoms with van der Waals surface area (Å²) in [6.07, 6.45) is 3.42. The third-order valence-corrected chi connectivity index (χ3v) is 2.23. The van der Waals surface area contributed by atoms with E-state index < -0.39 is 0 Å². The van der Waals surface area contributed by atoms with Gasteiger partial charge in [0.05, 0.1) is 29.1 Å². The van der Waals surface area contributed by atoms with E-state index in [2.05, 4.69) is 20.9 Å². The van der Waals surface area contributed by atoms with Crippen LogP contribution in [0.1, 0.15) is 13.8 Å². The molecule has 0 bridgehead atoms. The topological polar surface area (TPSA) is 57.4 Å². The van der Waals surface area contributed by atoms with E-state index >= 15 is 0 Å². The molecule has 0 aliphatic heterocycles. The van der Waals surface area contributed by atoms with Crippen molar-refractivity contribution in [2.75, 3.05) is 18.9 Å². The zero-order valence-corrected chi connectivity index (χ0v) is 10.5. The van der Waals surface area contributed by atoms with Crippen LogP contribution in [-0.4, -0.2) is 24.3 Å². The Morgan fingerprint density at radius 2 is 2.13 bits per heavy atom. The number of aromatic nitrogens is 1. The van der Waals surface area contributed by atoms with Crippen molar-refractivity contribution < 1.29 is 9.47 Å². The second-order valence-corrected chi connectivity index (χ2v) is 4.16. The van der Waals surface area contributed by atoms with Gasteiger partial charge in [0.15, 0.2) is 5.75 Å². The Labute approximate surface area is 97.9 Å². The molecule has 0 fully saturated rings. The van der Waals surface area contributed by atoms with E-state index in [9.17, 15) is 0 Å². The summed E-state index contributed by atoms with van der Waals surface area (Å²) < 4.78 is 11.6. The highest BCUT2D eigenvalue weighted by atomic mass is 79.9. The fourth-order valence-electron chi connectivity index (χ4n) is 1.02. The van der Waals surface area contributed by atoms with Crippen LogP contribution in [0.4, 0.5) is 5.69 Å². The van der Waals surface area contributed by atoms with E-state index in [0.29, 0.717) is 24.7 Å². The largest absolute Gasteiger partial charge is 0.488 e. The molecule has 0 amide bonds. The predicted molar refractivity (Wildman–Crippen MR) is 62.9 cm³/mol. The normalized spacial score (nSPS) is 10.7. The lowest BCUT2D eigenvalue weighted by Gasteiger charge is -2.11. The van der Waals surface area contributed by atoms with Crippen molar-refractivity contribution >= 4 is 21.6 Å². The lowest BCUT2D eigenvalue weighted by Crippen LogP contribution is -2.12. The monoisotopic (exact) mass is 274 g/mol. The van der Waals surface area contributed by atoms with Crippen molar-refractivity contribution in [2.24, 2.45) is 0 Å². The molecule has 0 radical (unpaired) electrons. The zero-order chi connectivity index (χ0) is 11.3. The third-order valence-electron chi connectivity index (χ3n) is 1.66. The number of nitrogens with zero attached hydrogens (tertiary/aromatic N) is 1. The molecule has 1 rings (SSSR count). The van der Waals surface area contributed by atoms with Crippen LogP contribution >= 0.6 is 15.9 Å². The molecule has 1 heterocycles. The summed E-state index contributed by atoms with van der Waals surface area (Å²) in [5.74, 6) is 0.623. The molecule has 1 aromatic heterocycles. The predicted octanol–water partition coefficient (Wildman–Crippen LogP) is 2.23. The van der Waals surface area contributed by atoms with Crippen LogP contribution in [0.15, 0.2) is 16.9 Å². The molecule has 0 aromatic carbocycles. The molecule has 2 N–H and O–H groups in total. The highest BCUT2D eigenvalue weighted by molar-refractivity contribution is 9.10. The number of pyridine rings is 1. The van der Waals surface area contributed by atoms with Crippen molar-refractivity contribution in [3.05, 3.63) is 16.9 Å². The van der Waals surface area contributed by atoms with Crippen LogP contribution in [-0.2, 0) is 4.74 Å². The highest BCUT2D eigenvalue weighted by Gasteiger charge is 2.05. The minimum Gasteiger partial charge on any atom is -0.488 e.